The molecule has 1 heterocycles. The molecule has 1 aliphatic heterocycles. The molecule has 2 aromatic carbocycles. The summed E-state index contributed by atoms with van der Waals surface area (Å²) < 4.78 is 16.0. The maximum absolute atomic E-state index is 12.7. The summed E-state index contributed by atoms with van der Waals surface area (Å²) in [5, 5.41) is 2.74. The Labute approximate surface area is 228 Å². The van der Waals surface area contributed by atoms with Crippen LogP contribution < -0.4 is 14.8 Å². The van der Waals surface area contributed by atoms with Gasteiger partial charge in [-0.1, -0.05) is 29.3 Å². The summed E-state index contributed by atoms with van der Waals surface area (Å²) in [6.45, 7) is 4.36. The minimum absolute atomic E-state index is 0.102. The molecule has 196 valence electrons. The Morgan fingerprint density at radius 3 is 2.51 bits per heavy atom. The SMILES string of the molecule is COc1cc(/C=C2\SC(=O)N(CC(=O)OC(C)C)C2=O)cc(Cl)c1OCC(=O)Nc1ccc(C)c(Cl)c1. The monoisotopic (exact) mass is 566 g/mol. The number of nitrogens with zero attached hydrogens (tertiary/aromatic N) is 1. The normalized spacial score (nSPS) is 14.4. The van der Waals surface area contributed by atoms with Crippen molar-refractivity contribution in [1.82, 2.24) is 4.90 Å². The van der Waals surface area contributed by atoms with Crippen LogP contribution in [-0.2, 0) is 19.1 Å². The van der Waals surface area contributed by atoms with Crippen LogP contribution >= 0.6 is 35.0 Å². The predicted octanol–water partition coefficient (Wildman–Crippen LogP) is 5.32. The number of carbonyl (C=O) groups excluding carboxylic acids is 4. The van der Waals surface area contributed by atoms with Gasteiger partial charge in [-0.15, -0.1) is 0 Å². The third-order valence-corrected chi connectivity index (χ3v) is 6.48. The van der Waals surface area contributed by atoms with Crippen molar-refractivity contribution in [2.75, 3.05) is 25.6 Å². The molecule has 2 aromatic rings. The second kappa shape index (κ2) is 12.4. The lowest BCUT2D eigenvalue weighted by molar-refractivity contribution is -0.149. The van der Waals surface area contributed by atoms with Gasteiger partial charge in [0.25, 0.3) is 17.1 Å². The summed E-state index contributed by atoms with van der Waals surface area (Å²) in [7, 11) is 1.39. The van der Waals surface area contributed by atoms with Gasteiger partial charge >= 0.3 is 5.97 Å². The number of ether oxygens (including phenoxy) is 3. The molecule has 0 saturated carbocycles. The number of esters is 1. The van der Waals surface area contributed by atoms with Crippen LogP contribution in [0.1, 0.15) is 25.0 Å². The standard InChI is InChI=1S/C25H24Cl2N2O7S/c1-13(2)36-22(31)11-29-24(32)20(37-25(29)33)9-15-7-18(27)23(19(8-15)34-4)35-12-21(30)28-16-6-5-14(3)17(26)10-16/h5-10,13H,11-12H2,1-4H3,(H,28,30)/b20-9-. The number of imide groups is 1. The van der Waals surface area contributed by atoms with E-state index in [0.29, 0.717) is 28.0 Å². The summed E-state index contributed by atoms with van der Waals surface area (Å²) in [4.78, 5) is 50.1. The van der Waals surface area contributed by atoms with Crippen LogP contribution in [0.4, 0.5) is 10.5 Å². The first-order valence-electron chi connectivity index (χ1n) is 11.0. The molecule has 0 radical (unpaired) electrons. The number of hydrogen-bond donors (Lipinski definition) is 1. The predicted molar refractivity (Wildman–Crippen MR) is 142 cm³/mol. The Bertz CT molecular complexity index is 1280. The number of thioether (sulfide) groups is 1. The van der Waals surface area contributed by atoms with E-state index in [2.05, 4.69) is 5.32 Å². The van der Waals surface area contributed by atoms with Crippen LogP contribution in [0.25, 0.3) is 6.08 Å². The van der Waals surface area contributed by atoms with Crippen LogP contribution in [0, 0.1) is 6.92 Å². The lowest BCUT2D eigenvalue weighted by Gasteiger charge is -2.14. The van der Waals surface area contributed by atoms with Crippen LogP contribution in [-0.4, -0.2) is 54.3 Å². The summed E-state index contributed by atoms with van der Waals surface area (Å²) in [6, 6.07) is 8.17. The average molecular weight is 567 g/mol. The molecule has 1 N–H and O–H groups in total. The molecule has 9 nitrogen and oxygen atoms in total. The van der Waals surface area contributed by atoms with Crippen molar-refractivity contribution in [3.63, 3.8) is 0 Å². The number of rotatable bonds is 9. The molecular formula is C25H24Cl2N2O7S. The molecule has 0 aliphatic carbocycles. The van der Waals surface area contributed by atoms with E-state index < -0.39 is 29.6 Å². The van der Waals surface area contributed by atoms with Gasteiger partial charge in [0.2, 0.25) is 0 Å². The van der Waals surface area contributed by atoms with Gasteiger partial charge in [-0.25, -0.2) is 0 Å². The van der Waals surface area contributed by atoms with E-state index in [1.54, 1.807) is 38.1 Å². The summed E-state index contributed by atoms with van der Waals surface area (Å²) in [5.74, 6) is -1.40. The number of hydrogen-bond acceptors (Lipinski definition) is 8. The average Bonchev–Trinajstić information content (AvgIpc) is 3.07. The zero-order valence-electron chi connectivity index (χ0n) is 20.4. The number of amides is 3. The van der Waals surface area contributed by atoms with Gasteiger partial charge in [0.05, 0.1) is 23.1 Å². The Hall–Kier alpha value is -3.21. The van der Waals surface area contributed by atoms with E-state index in [1.807, 2.05) is 6.92 Å². The highest BCUT2D eigenvalue weighted by Crippen LogP contribution is 2.39. The molecule has 12 heteroatoms. The second-order valence-electron chi connectivity index (χ2n) is 8.14. The minimum atomic E-state index is -0.681. The molecule has 1 aliphatic rings. The summed E-state index contributed by atoms with van der Waals surface area (Å²) in [6.07, 6.45) is 1.08. The first kappa shape index (κ1) is 28.4. The smallest absolute Gasteiger partial charge is 0.326 e. The molecule has 3 amide bonds. The van der Waals surface area contributed by atoms with E-state index in [0.717, 1.165) is 10.5 Å². The van der Waals surface area contributed by atoms with Crippen LogP contribution in [0.2, 0.25) is 10.0 Å². The maximum Gasteiger partial charge on any atom is 0.326 e. The first-order chi connectivity index (χ1) is 17.5. The van der Waals surface area contributed by atoms with Crippen molar-refractivity contribution in [3.8, 4) is 11.5 Å². The zero-order valence-corrected chi connectivity index (χ0v) is 22.8. The molecule has 0 bridgehead atoms. The maximum atomic E-state index is 12.7. The number of halogens is 2. The molecule has 0 aromatic heterocycles. The van der Waals surface area contributed by atoms with Crippen molar-refractivity contribution < 1.29 is 33.4 Å². The molecule has 0 atom stereocenters. The molecule has 0 spiro atoms. The van der Waals surface area contributed by atoms with Crippen LogP contribution in [0.15, 0.2) is 35.2 Å². The Kier molecular flexibility index (Phi) is 9.47. The number of aryl methyl sites for hydroxylation is 1. The van der Waals surface area contributed by atoms with Gasteiger partial charge in [0.15, 0.2) is 18.1 Å². The van der Waals surface area contributed by atoms with Crippen molar-refractivity contribution >= 4 is 69.8 Å². The van der Waals surface area contributed by atoms with Gasteiger partial charge in [0, 0.05) is 10.7 Å². The topological polar surface area (TPSA) is 111 Å². The lowest BCUT2D eigenvalue weighted by atomic mass is 10.1. The number of anilines is 1. The fourth-order valence-corrected chi connectivity index (χ4v) is 4.48. The molecule has 0 unspecified atom stereocenters. The van der Waals surface area contributed by atoms with Gasteiger partial charge in [-0.2, -0.15) is 0 Å². The number of carbonyl (C=O) groups is 4. The van der Waals surface area contributed by atoms with E-state index in [9.17, 15) is 19.2 Å². The largest absolute Gasteiger partial charge is 0.493 e. The molecule has 3 rings (SSSR count). The Morgan fingerprint density at radius 2 is 1.86 bits per heavy atom. The van der Waals surface area contributed by atoms with Gasteiger partial charge < -0.3 is 19.5 Å². The quantitative estimate of drug-likeness (QED) is 0.321. The fraction of sp³-hybridized carbons (Fsp3) is 0.280. The van der Waals surface area contributed by atoms with E-state index >= 15 is 0 Å². The van der Waals surface area contributed by atoms with Gasteiger partial charge in [-0.05, 0) is 74.0 Å². The molecule has 1 fully saturated rings. The van der Waals surface area contributed by atoms with Crippen molar-refractivity contribution in [2.45, 2.75) is 26.9 Å². The summed E-state index contributed by atoms with van der Waals surface area (Å²) >= 11 is 13.2. The van der Waals surface area contributed by atoms with E-state index in [-0.39, 0.29) is 34.1 Å². The number of benzene rings is 2. The molecular weight excluding hydrogens is 543 g/mol. The highest BCUT2D eigenvalue weighted by Gasteiger charge is 2.37. The Balaban J connectivity index is 1.71. The van der Waals surface area contributed by atoms with E-state index in [4.69, 9.17) is 37.4 Å². The van der Waals surface area contributed by atoms with Crippen LogP contribution in [0.3, 0.4) is 0 Å². The zero-order chi connectivity index (χ0) is 27.3. The Morgan fingerprint density at radius 1 is 1.14 bits per heavy atom. The highest BCUT2D eigenvalue weighted by atomic mass is 35.5. The number of methoxy groups -OCH3 is 1. The number of nitrogens with one attached hydrogen (secondary N) is 1. The minimum Gasteiger partial charge on any atom is -0.493 e. The highest BCUT2D eigenvalue weighted by molar-refractivity contribution is 8.18. The van der Waals surface area contributed by atoms with Gasteiger partial charge in [-0.3, -0.25) is 24.1 Å². The van der Waals surface area contributed by atoms with Crippen molar-refractivity contribution in [2.24, 2.45) is 0 Å². The lowest BCUT2D eigenvalue weighted by Crippen LogP contribution is -2.35. The van der Waals surface area contributed by atoms with Crippen molar-refractivity contribution in [3.05, 3.63) is 56.4 Å². The third-order valence-electron chi connectivity index (χ3n) is 4.88. The summed E-state index contributed by atoms with van der Waals surface area (Å²) in [5.41, 5.74) is 1.85. The van der Waals surface area contributed by atoms with Crippen LogP contribution in [0.5, 0.6) is 11.5 Å². The third kappa shape index (κ3) is 7.41. The van der Waals surface area contributed by atoms with Gasteiger partial charge in [0.1, 0.15) is 6.54 Å². The molecule has 1 saturated heterocycles. The fourth-order valence-electron chi connectivity index (χ4n) is 3.19. The first-order valence-corrected chi connectivity index (χ1v) is 12.6. The second-order valence-corrected chi connectivity index (χ2v) is 9.95. The molecule has 37 heavy (non-hydrogen) atoms. The van der Waals surface area contributed by atoms with E-state index in [1.165, 1.54) is 19.3 Å². The van der Waals surface area contributed by atoms with Crippen molar-refractivity contribution in [1.29, 1.82) is 0 Å².